The lowest BCUT2D eigenvalue weighted by molar-refractivity contribution is -0.115. The van der Waals surface area contributed by atoms with Gasteiger partial charge in [-0.15, -0.1) is 11.3 Å². The Hall–Kier alpha value is -3.54. The molecule has 1 aliphatic rings. The summed E-state index contributed by atoms with van der Waals surface area (Å²) in [5, 5.41) is 27.2. The highest BCUT2D eigenvalue weighted by Gasteiger charge is 2.44. The summed E-state index contributed by atoms with van der Waals surface area (Å²) in [5.41, 5.74) is 1.96. The molecule has 236 valence electrons. The maximum absolute atomic E-state index is 13.7. The van der Waals surface area contributed by atoms with Crippen molar-refractivity contribution >= 4 is 43.2 Å². The van der Waals surface area contributed by atoms with Crippen molar-refractivity contribution in [2.75, 3.05) is 22.9 Å². The minimum atomic E-state index is -4.56. The molecular weight excluding hydrogens is 631 g/mol. The van der Waals surface area contributed by atoms with E-state index < -0.39 is 69.0 Å². The van der Waals surface area contributed by atoms with Crippen molar-refractivity contribution in [3.8, 4) is 10.6 Å². The Morgan fingerprint density at radius 1 is 1.07 bits per heavy atom. The number of pyridine rings is 1. The van der Waals surface area contributed by atoms with Gasteiger partial charge in [-0.1, -0.05) is 6.92 Å². The van der Waals surface area contributed by atoms with E-state index in [-0.39, 0.29) is 23.9 Å². The van der Waals surface area contributed by atoms with Gasteiger partial charge in [-0.25, -0.2) is 27.2 Å². The number of halogens is 5. The Morgan fingerprint density at radius 3 is 2.43 bits per heavy atom. The number of rotatable bonds is 9. The van der Waals surface area contributed by atoms with Gasteiger partial charge in [0.05, 0.1) is 44.4 Å². The molecule has 0 unspecified atom stereocenters. The lowest BCUT2D eigenvalue weighted by Crippen LogP contribution is -2.36. The first-order valence-corrected chi connectivity index (χ1v) is 15.9. The topological polar surface area (TPSA) is 150 Å². The van der Waals surface area contributed by atoms with Crippen LogP contribution in [0.5, 0.6) is 0 Å². The minimum absolute atomic E-state index is 0.000744. The van der Waals surface area contributed by atoms with Crippen molar-refractivity contribution in [1.29, 1.82) is 0 Å². The monoisotopic (exact) mass is 658 g/mol. The van der Waals surface area contributed by atoms with Crippen LogP contribution in [-0.2, 0) is 16.3 Å². The molecule has 44 heavy (non-hydrogen) atoms. The number of hydrogen-bond acceptors (Lipinski definition) is 11. The van der Waals surface area contributed by atoms with E-state index >= 15 is 0 Å². The number of alkyl halides is 3. The van der Waals surface area contributed by atoms with Crippen molar-refractivity contribution < 1.29 is 40.6 Å². The first-order valence-electron chi connectivity index (χ1n) is 13.4. The van der Waals surface area contributed by atoms with Crippen LogP contribution in [-0.4, -0.2) is 75.3 Å². The summed E-state index contributed by atoms with van der Waals surface area (Å²) in [4.78, 5) is 16.8. The standard InChI is InChI=1S/C27H27F5N6O4S2/c1-3-17-21-19(4-5-33-17)43-25(37-21)20-12(2)35-26(34-11-27(30,31)32)38-24(20)36-18-6-13(22(39)23(18)40)10-44(41,42)16-8-14(28)7-15(29)9-16/h4-5,7-9,13,18,22-23,39-40H,3,6,10-11H2,1-2H3,(H2,34,35,36,38)/t13-,18-,22-,23+/m1/s1. The molecule has 0 bridgehead atoms. The lowest BCUT2D eigenvalue weighted by atomic mass is 10.1. The van der Waals surface area contributed by atoms with Gasteiger partial charge in [0.15, 0.2) is 9.84 Å². The van der Waals surface area contributed by atoms with Gasteiger partial charge in [-0.3, -0.25) is 4.98 Å². The lowest BCUT2D eigenvalue weighted by Gasteiger charge is -2.21. The zero-order valence-corrected chi connectivity index (χ0v) is 24.9. The minimum Gasteiger partial charge on any atom is -0.390 e. The molecule has 1 saturated carbocycles. The number of fused-ring (bicyclic) bond motifs is 1. The third-order valence-electron chi connectivity index (χ3n) is 7.22. The van der Waals surface area contributed by atoms with E-state index in [1.807, 2.05) is 6.92 Å². The van der Waals surface area contributed by atoms with Crippen LogP contribution >= 0.6 is 11.3 Å². The van der Waals surface area contributed by atoms with Crippen LogP contribution < -0.4 is 10.6 Å². The number of anilines is 2. The molecule has 3 aromatic heterocycles. The molecular formula is C27H27F5N6O4S2. The Bertz CT molecular complexity index is 1780. The Morgan fingerprint density at radius 2 is 1.77 bits per heavy atom. The number of aliphatic hydroxyl groups excluding tert-OH is 2. The molecule has 0 spiro atoms. The van der Waals surface area contributed by atoms with E-state index in [2.05, 4.69) is 25.6 Å². The number of nitrogens with one attached hydrogen (secondary N) is 2. The molecule has 1 fully saturated rings. The summed E-state index contributed by atoms with van der Waals surface area (Å²) in [7, 11) is -4.28. The van der Waals surface area contributed by atoms with Crippen LogP contribution in [0.15, 0.2) is 35.4 Å². The number of nitrogens with zero attached hydrogens (tertiary/aromatic N) is 4. The molecule has 1 aromatic carbocycles. The van der Waals surface area contributed by atoms with Crippen molar-refractivity contribution in [2.24, 2.45) is 5.92 Å². The molecule has 17 heteroatoms. The number of benzene rings is 1. The first kappa shape index (κ1) is 31.9. The third kappa shape index (κ3) is 6.74. The van der Waals surface area contributed by atoms with E-state index in [1.54, 1.807) is 19.2 Å². The molecule has 0 saturated heterocycles. The average Bonchev–Trinajstić information content (AvgIpc) is 3.47. The zero-order chi connectivity index (χ0) is 32.0. The summed E-state index contributed by atoms with van der Waals surface area (Å²) in [6.45, 7) is 2.06. The van der Waals surface area contributed by atoms with Gasteiger partial charge in [-0.05, 0) is 38.0 Å². The van der Waals surface area contributed by atoms with Crippen LogP contribution in [0, 0.1) is 24.5 Å². The van der Waals surface area contributed by atoms with Gasteiger partial charge < -0.3 is 20.8 Å². The fraction of sp³-hybridized carbons (Fsp3) is 0.407. The van der Waals surface area contributed by atoms with Crippen LogP contribution in [0.3, 0.4) is 0 Å². The van der Waals surface area contributed by atoms with E-state index in [4.69, 9.17) is 4.98 Å². The predicted octanol–water partition coefficient (Wildman–Crippen LogP) is 4.27. The highest BCUT2D eigenvalue weighted by Crippen LogP contribution is 2.39. The highest BCUT2D eigenvalue weighted by atomic mass is 32.2. The quantitative estimate of drug-likeness (QED) is 0.192. The number of aryl methyl sites for hydroxylation is 2. The molecule has 10 nitrogen and oxygen atoms in total. The number of aliphatic hydroxyl groups is 2. The summed E-state index contributed by atoms with van der Waals surface area (Å²) in [6, 6.07) is 2.60. The van der Waals surface area contributed by atoms with Gasteiger partial charge in [-0.2, -0.15) is 18.2 Å². The molecule has 0 radical (unpaired) electrons. The Balaban J connectivity index is 1.48. The largest absolute Gasteiger partial charge is 0.405 e. The number of aromatic nitrogens is 4. The molecule has 5 rings (SSSR count). The van der Waals surface area contributed by atoms with Gasteiger partial charge in [0.2, 0.25) is 5.95 Å². The maximum atomic E-state index is 13.7. The number of sulfone groups is 1. The number of hydrogen-bond donors (Lipinski definition) is 4. The Labute approximate surface area is 252 Å². The first-order chi connectivity index (χ1) is 20.6. The van der Waals surface area contributed by atoms with Crippen LogP contribution in [0.25, 0.3) is 20.8 Å². The fourth-order valence-electron chi connectivity index (χ4n) is 5.16. The maximum Gasteiger partial charge on any atom is 0.405 e. The normalized spacial score (nSPS) is 20.8. The van der Waals surface area contributed by atoms with Crippen molar-refractivity contribution in [1.82, 2.24) is 19.9 Å². The summed E-state index contributed by atoms with van der Waals surface area (Å²) < 4.78 is 92.9. The zero-order valence-electron chi connectivity index (χ0n) is 23.2. The molecule has 3 heterocycles. The fourth-order valence-corrected chi connectivity index (χ4v) is 7.91. The molecule has 4 N–H and O–H groups in total. The second kappa shape index (κ2) is 12.1. The van der Waals surface area contributed by atoms with Gasteiger partial charge >= 0.3 is 6.18 Å². The Kier molecular flexibility index (Phi) is 8.76. The summed E-state index contributed by atoms with van der Waals surface area (Å²) >= 11 is 1.28. The van der Waals surface area contributed by atoms with Crippen LogP contribution in [0.4, 0.5) is 33.7 Å². The van der Waals surface area contributed by atoms with Crippen LogP contribution in [0.2, 0.25) is 0 Å². The van der Waals surface area contributed by atoms with Crippen molar-refractivity contribution in [2.45, 2.75) is 56.0 Å². The highest BCUT2D eigenvalue weighted by molar-refractivity contribution is 7.91. The van der Waals surface area contributed by atoms with Crippen LogP contribution in [0.1, 0.15) is 24.7 Å². The van der Waals surface area contributed by atoms with Crippen molar-refractivity contribution in [3.63, 3.8) is 0 Å². The molecule has 1 aliphatic carbocycles. The summed E-state index contributed by atoms with van der Waals surface area (Å²) in [5.74, 6) is -4.33. The van der Waals surface area contributed by atoms with Crippen molar-refractivity contribution in [3.05, 3.63) is 53.5 Å². The second-order valence-corrected chi connectivity index (χ2v) is 13.5. The van der Waals surface area contributed by atoms with Gasteiger partial charge in [0, 0.05) is 18.2 Å². The summed E-state index contributed by atoms with van der Waals surface area (Å²) in [6.07, 6.45) is -5.54. The average molecular weight is 659 g/mol. The SMILES string of the molecule is CCc1nccc2sc(-c3c(C)nc(NCC(F)(F)F)nc3N[C@@H]3C[C@H](CS(=O)(=O)c4cc(F)cc(F)c4)[C@@H](O)[C@H]3O)nc12. The molecule has 0 amide bonds. The van der Waals surface area contributed by atoms with E-state index in [0.29, 0.717) is 40.7 Å². The van der Waals surface area contributed by atoms with E-state index in [1.165, 1.54) is 11.3 Å². The second-order valence-electron chi connectivity index (χ2n) is 10.4. The van der Waals surface area contributed by atoms with Gasteiger partial charge in [0.25, 0.3) is 0 Å². The number of thiazole rings is 1. The van der Waals surface area contributed by atoms with Gasteiger partial charge in [0.1, 0.15) is 40.6 Å². The smallest absolute Gasteiger partial charge is 0.390 e. The third-order valence-corrected chi connectivity index (χ3v) is 10.1. The van der Waals surface area contributed by atoms with E-state index in [0.717, 1.165) is 10.4 Å². The van der Waals surface area contributed by atoms with E-state index in [9.17, 15) is 40.6 Å². The molecule has 0 aliphatic heterocycles. The molecule has 4 atom stereocenters. The predicted molar refractivity (Wildman–Crippen MR) is 153 cm³/mol. The molecule has 4 aromatic rings.